The lowest BCUT2D eigenvalue weighted by Crippen LogP contribution is -1.88. The Bertz CT molecular complexity index is 715. The first-order valence-electron chi connectivity index (χ1n) is 6.31. The zero-order valence-corrected chi connectivity index (χ0v) is 11.8. The standard InChI is InChI=1S/C15H11N3O2S/c19-18(20)12-8-6-11(7-9-12)10-21-15-16-13-4-2-1-3-5-14(13)17-15/h1-9H,10H2. The molecule has 0 unspecified atom stereocenters. The number of nitro groups is 1. The van der Waals surface area contributed by atoms with Gasteiger partial charge in [-0.05, 0) is 17.7 Å². The van der Waals surface area contributed by atoms with Crippen LogP contribution in [0.4, 0.5) is 5.69 Å². The summed E-state index contributed by atoms with van der Waals surface area (Å²) in [6.45, 7) is 0. The molecule has 0 amide bonds. The van der Waals surface area contributed by atoms with E-state index >= 15 is 0 Å². The van der Waals surface area contributed by atoms with Crippen molar-refractivity contribution in [3.05, 3.63) is 70.3 Å². The van der Waals surface area contributed by atoms with E-state index in [1.807, 2.05) is 30.3 Å². The third kappa shape index (κ3) is 3.17. The van der Waals surface area contributed by atoms with E-state index in [1.54, 1.807) is 12.1 Å². The van der Waals surface area contributed by atoms with Crippen molar-refractivity contribution in [1.82, 2.24) is 9.97 Å². The molecule has 1 heterocycles. The highest BCUT2D eigenvalue weighted by molar-refractivity contribution is 7.98. The first kappa shape index (κ1) is 13.5. The van der Waals surface area contributed by atoms with Gasteiger partial charge in [-0.3, -0.25) is 10.1 Å². The van der Waals surface area contributed by atoms with Gasteiger partial charge in [0.1, 0.15) is 0 Å². The minimum atomic E-state index is -0.399. The van der Waals surface area contributed by atoms with Gasteiger partial charge in [-0.2, -0.15) is 0 Å². The molecule has 0 saturated heterocycles. The fraction of sp³-hybridized carbons (Fsp3) is 0.0667. The number of aromatic nitrogens is 2. The van der Waals surface area contributed by atoms with Gasteiger partial charge in [-0.1, -0.05) is 42.1 Å². The second kappa shape index (κ2) is 5.88. The first-order valence-corrected chi connectivity index (χ1v) is 7.30. The molecule has 0 fully saturated rings. The summed E-state index contributed by atoms with van der Waals surface area (Å²) in [5, 5.41) is 11.3. The predicted molar refractivity (Wildman–Crippen MR) is 81.3 cm³/mol. The quantitative estimate of drug-likeness (QED) is 0.416. The number of nitro benzene ring substituents is 1. The number of nitrogens with zero attached hydrogens (tertiary/aromatic N) is 3. The summed E-state index contributed by atoms with van der Waals surface area (Å²) >= 11 is 1.52. The molecule has 2 aliphatic rings. The molecule has 1 aromatic rings. The third-order valence-corrected chi connectivity index (χ3v) is 3.86. The van der Waals surface area contributed by atoms with Crippen LogP contribution in [0.3, 0.4) is 0 Å². The van der Waals surface area contributed by atoms with Gasteiger partial charge in [-0.15, -0.1) is 0 Å². The van der Waals surface area contributed by atoms with Crippen molar-refractivity contribution >= 4 is 17.4 Å². The van der Waals surface area contributed by atoms with Crippen molar-refractivity contribution in [3.8, 4) is 11.4 Å². The fourth-order valence-corrected chi connectivity index (χ4v) is 2.69. The molecule has 0 radical (unpaired) electrons. The maximum absolute atomic E-state index is 10.6. The Hall–Kier alpha value is -2.47. The average Bonchev–Trinajstić information content (AvgIpc) is 2.75. The number of rotatable bonds is 4. The summed E-state index contributed by atoms with van der Waals surface area (Å²) in [6, 6.07) is 16.2. The number of thioether (sulfide) groups is 1. The van der Waals surface area contributed by atoms with Crippen LogP contribution in [0, 0.1) is 10.1 Å². The monoisotopic (exact) mass is 297 g/mol. The summed E-state index contributed by atoms with van der Waals surface area (Å²) in [5.74, 6) is 0.681. The summed E-state index contributed by atoms with van der Waals surface area (Å²) in [7, 11) is 0. The van der Waals surface area contributed by atoms with Crippen LogP contribution in [0.25, 0.3) is 11.4 Å². The van der Waals surface area contributed by atoms with E-state index < -0.39 is 4.92 Å². The second-order valence-corrected chi connectivity index (χ2v) is 5.34. The maximum atomic E-state index is 10.6. The second-order valence-electron chi connectivity index (χ2n) is 4.40. The molecule has 1 aliphatic carbocycles. The number of fused-ring (bicyclic) bond motifs is 1. The molecule has 0 saturated carbocycles. The Morgan fingerprint density at radius 3 is 2.14 bits per heavy atom. The molecule has 1 aliphatic heterocycles. The van der Waals surface area contributed by atoms with Crippen LogP contribution >= 0.6 is 11.8 Å². The molecule has 21 heavy (non-hydrogen) atoms. The molecule has 0 aromatic heterocycles. The summed E-state index contributed by atoms with van der Waals surface area (Å²) in [4.78, 5) is 19.1. The molecule has 0 bridgehead atoms. The van der Waals surface area contributed by atoms with Crippen LogP contribution in [0.2, 0.25) is 0 Å². The van der Waals surface area contributed by atoms with Crippen LogP contribution in [0.5, 0.6) is 0 Å². The number of hydrogen-bond acceptors (Lipinski definition) is 5. The van der Waals surface area contributed by atoms with Crippen molar-refractivity contribution in [2.75, 3.05) is 0 Å². The van der Waals surface area contributed by atoms with E-state index in [4.69, 9.17) is 0 Å². The lowest BCUT2D eigenvalue weighted by atomic mass is 10.2. The van der Waals surface area contributed by atoms with E-state index in [9.17, 15) is 10.1 Å². The van der Waals surface area contributed by atoms with E-state index in [-0.39, 0.29) is 5.69 Å². The molecule has 1 aromatic carbocycles. The zero-order chi connectivity index (χ0) is 14.7. The predicted octanol–water partition coefficient (Wildman–Crippen LogP) is 3.78. The highest BCUT2D eigenvalue weighted by Gasteiger charge is 2.10. The van der Waals surface area contributed by atoms with E-state index in [2.05, 4.69) is 9.97 Å². The van der Waals surface area contributed by atoms with Gasteiger partial charge >= 0.3 is 0 Å². The average molecular weight is 297 g/mol. The lowest BCUT2D eigenvalue weighted by Gasteiger charge is -1.98. The van der Waals surface area contributed by atoms with Gasteiger partial charge < -0.3 is 0 Å². The first-order chi connectivity index (χ1) is 10.2. The molecule has 6 heteroatoms. The molecule has 3 rings (SSSR count). The number of benzene rings is 1. The van der Waals surface area contributed by atoms with Gasteiger partial charge in [0.15, 0.2) is 5.16 Å². The van der Waals surface area contributed by atoms with E-state index in [0.717, 1.165) is 22.1 Å². The van der Waals surface area contributed by atoms with Gasteiger partial charge in [0, 0.05) is 17.9 Å². The Morgan fingerprint density at radius 1 is 0.952 bits per heavy atom. The summed E-state index contributed by atoms with van der Waals surface area (Å²) < 4.78 is 0. The minimum absolute atomic E-state index is 0.103. The van der Waals surface area contributed by atoms with Gasteiger partial charge in [-0.25, -0.2) is 9.97 Å². The lowest BCUT2D eigenvalue weighted by molar-refractivity contribution is -0.384. The number of imidazole rings is 1. The maximum Gasteiger partial charge on any atom is 0.269 e. The Labute approximate surface area is 125 Å². The molecule has 104 valence electrons. The largest absolute Gasteiger partial charge is 0.269 e. The SMILES string of the molecule is O=[N+]([O-])c1ccc(CSc2nc3cccccc-3n2)cc1. The Balaban J connectivity index is 1.72. The number of non-ortho nitro benzene ring substituents is 1. The van der Waals surface area contributed by atoms with Crippen molar-refractivity contribution < 1.29 is 4.92 Å². The molecule has 5 nitrogen and oxygen atoms in total. The molecule has 0 N–H and O–H groups in total. The van der Waals surface area contributed by atoms with Crippen LogP contribution in [0.1, 0.15) is 5.56 Å². The minimum Gasteiger partial charge on any atom is -0.258 e. The van der Waals surface area contributed by atoms with Crippen molar-refractivity contribution in [2.24, 2.45) is 0 Å². The van der Waals surface area contributed by atoms with E-state index in [0.29, 0.717) is 5.75 Å². The van der Waals surface area contributed by atoms with Crippen LogP contribution in [-0.4, -0.2) is 14.9 Å². The van der Waals surface area contributed by atoms with Gasteiger partial charge in [0.25, 0.3) is 5.69 Å². The third-order valence-electron chi connectivity index (χ3n) is 2.94. The van der Waals surface area contributed by atoms with Gasteiger partial charge in [0.05, 0.1) is 16.3 Å². The molecule has 0 atom stereocenters. The Morgan fingerprint density at radius 2 is 1.57 bits per heavy atom. The van der Waals surface area contributed by atoms with Crippen LogP contribution in [-0.2, 0) is 5.75 Å². The zero-order valence-electron chi connectivity index (χ0n) is 11.0. The smallest absolute Gasteiger partial charge is 0.258 e. The summed E-state index contributed by atoms with van der Waals surface area (Å²) in [5.41, 5.74) is 2.84. The fourth-order valence-electron chi connectivity index (χ4n) is 1.87. The van der Waals surface area contributed by atoms with Crippen molar-refractivity contribution in [1.29, 1.82) is 0 Å². The van der Waals surface area contributed by atoms with Gasteiger partial charge in [0.2, 0.25) is 0 Å². The van der Waals surface area contributed by atoms with Crippen molar-refractivity contribution in [3.63, 3.8) is 0 Å². The topological polar surface area (TPSA) is 68.9 Å². The molecular weight excluding hydrogens is 286 g/mol. The van der Waals surface area contributed by atoms with Crippen LogP contribution < -0.4 is 0 Å². The molecular formula is C15H11N3O2S. The summed E-state index contributed by atoms with van der Waals surface area (Å²) in [6.07, 6.45) is 0. The normalized spacial score (nSPS) is 10.7. The Kier molecular flexibility index (Phi) is 3.79. The van der Waals surface area contributed by atoms with E-state index in [1.165, 1.54) is 23.9 Å². The van der Waals surface area contributed by atoms with Crippen LogP contribution in [0.15, 0.2) is 59.8 Å². The highest BCUT2D eigenvalue weighted by atomic mass is 32.2. The molecule has 0 spiro atoms. The number of hydrogen-bond donors (Lipinski definition) is 0. The van der Waals surface area contributed by atoms with Crippen molar-refractivity contribution in [2.45, 2.75) is 10.9 Å². The highest BCUT2D eigenvalue weighted by Crippen LogP contribution is 2.26.